The zero-order valence-corrected chi connectivity index (χ0v) is 18.2. The van der Waals surface area contributed by atoms with Crippen molar-refractivity contribution in [2.75, 3.05) is 11.9 Å². The van der Waals surface area contributed by atoms with Crippen molar-refractivity contribution in [2.45, 2.75) is 26.8 Å². The van der Waals surface area contributed by atoms with Crippen LogP contribution in [0.3, 0.4) is 0 Å². The highest BCUT2D eigenvalue weighted by Crippen LogP contribution is 2.32. The van der Waals surface area contributed by atoms with Gasteiger partial charge in [0.1, 0.15) is 11.4 Å². The lowest BCUT2D eigenvalue weighted by atomic mass is 10.0. The van der Waals surface area contributed by atoms with Gasteiger partial charge in [0.25, 0.3) is 11.8 Å². The average molecular weight is 428 g/mol. The first kappa shape index (κ1) is 21.3. The molecule has 162 valence electrons. The van der Waals surface area contributed by atoms with E-state index < -0.39 is 0 Å². The topological polar surface area (TPSA) is 71.5 Å². The summed E-state index contributed by atoms with van der Waals surface area (Å²) in [7, 11) is 0. The Balaban J connectivity index is 1.70. The van der Waals surface area contributed by atoms with Crippen LogP contribution < -0.4 is 10.1 Å². The number of aryl methyl sites for hydroxylation is 1. The van der Waals surface area contributed by atoms with Gasteiger partial charge in [0, 0.05) is 11.9 Å². The quantitative estimate of drug-likeness (QED) is 0.533. The number of rotatable bonds is 8. The predicted octanol–water partition coefficient (Wildman–Crippen LogP) is 4.57. The molecule has 1 aromatic heterocycles. The van der Waals surface area contributed by atoms with Gasteiger partial charge >= 0.3 is 0 Å². The number of imide groups is 1. The van der Waals surface area contributed by atoms with Crippen LogP contribution in [0.1, 0.15) is 30.2 Å². The van der Waals surface area contributed by atoms with Gasteiger partial charge < -0.3 is 10.1 Å². The maximum absolute atomic E-state index is 13.4. The van der Waals surface area contributed by atoms with Gasteiger partial charge in [0.15, 0.2) is 0 Å². The highest BCUT2D eigenvalue weighted by atomic mass is 16.5. The number of ether oxygens (including phenoxy) is 1. The number of nitrogens with zero attached hydrogens (tertiary/aromatic N) is 2. The zero-order valence-electron chi connectivity index (χ0n) is 18.2. The fourth-order valence-electron chi connectivity index (χ4n) is 3.56. The summed E-state index contributed by atoms with van der Waals surface area (Å²) in [5, 5.41) is 3.19. The molecule has 0 radical (unpaired) electrons. The summed E-state index contributed by atoms with van der Waals surface area (Å²) in [4.78, 5) is 32.2. The van der Waals surface area contributed by atoms with Crippen LogP contribution in [0.15, 0.2) is 78.6 Å². The lowest BCUT2D eigenvalue weighted by molar-refractivity contribution is -0.137. The summed E-state index contributed by atoms with van der Waals surface area (Å²) in [5.41, 5.74) is 3.71. The molecule has 0 bridgehead atoms. The van der Waals surface area contributed by atoms with E-state index >= 15 is 0 Å². The van der Waals surface area contributed by atoms with Crippen molar-refractivity contribution in [3.05, 3.63) is 95.4 Å². The number of benzene rings is 2. The molecule has 6 heteroatoms. The van der Waals surface area contributed by atoms with Gasteiger partial charge in [-0.05, 0) is 60.9 Å². The molecule has 0 unspecified atom stereocenters. The molecule has 0 atom stereocenters. The van der Waals surface area contributed by atoms with E-state index in [4.69, 9.17) is 4.74 Å². The third kappa shape index (κ3) is 4.54. The maximum atomic E-state index is 13.4. The van der Waals surface area contributed by atoms with Crippen molar-refractivity contribution in [3.63, 3.8) is 0 Å². The normalized spacial score (nSPS) is 13.6. The van der Waals surface area contributed by atoms with E-state index in [0.29, 0.717) is 23.4 Å². The standard InChI is InChI=1S/C26H25N3O3/c1-3-15-32-22-12-10-19(11-13-22)23-24(28-20-9-6-7-18(2)16-20)26(31)29(25(23)30)17-21-8-4-5-14-27-21/h4-14,16,28H,3,15,17H2,1-2H3. The third-order valence-corrected chi connectivity index (χ3v) is 5.12. The maximum Gasteiger partial charge on any atom is 0.278 e. The Morgan fingerprint density at radius 1 is 0.969 bits per heavy atom. The minimum Gasteiger partial charge on any atom is -0.494 e. The molecular weight excluding hydrogens is 402 g/mol. The number of hydrogen-bond acceptors (Lipinski definition) is 5. The van der Waals surface area contributed by atoms with Crippen LogP contribution >= 0.6 is 0 Å². The van der Waals surface area contributed by atoms with Gasteiger partial charge in [-0.3, -0.25) is 19.5 Å². The number of nitrogens with one attached hydrogen (secondary N) is 1. The number of anilines is 1. The highest BCUT2D eigenvalue weighted by molar-refractivity contribution is 6.36. The summed E-state index contributed by atoms with van der Waals surface area (Å²) in [6.07, 6.45) is 2.56. The second-order valence-corrected chi connectivity index (χ2v) is 7.63. The number of hydrogen-bond donors (Lipinski definition) is 1. The van der Waals surface area contributed by atoms with E-state index in [9.17, 15) is 9.59 Å². The van der Waals surface area contributed by atoms with Crippen LogP contribution in [-0.2, 0) is 16.1 Å². The summed E-state index contributed by atoms with van der Waals surface area (Å²) in [6, 6.07) is 20.4. The molecule has 2 amide bonds. The summed E-state index contributed by atoms with van der Waals surface area (Å²) in [6.45, 7) is 4.75. The van der Waals surface area contributed by atoms with Crippen molar-refractivity contribution in [1.82, 2.24) is 9.88 Å². The molecule has 0 saturated heterocycles. The smallest absolute Gasteiger partial charge is 0.278 e. The van der Waals surface area contributed by atoms with E-state index in [0.717, 1.165) is 23.4 Å². The first-order valence-corrected chi connectivity index (χ1v) is 10.6. The van der Waals surface area contributed by atoms with Crippen molar-refractivity contribution in [3.8, 4) is 5.75 Å². The second kappa shape index (κ2) is 9.47. The van der Waals surface area contributed by atoms with Crippen molar-refractivity contribution < 1.29 is 14.3 Å². The van der Waals surface area contributed by atoms with Crippen LogP contribution in [0.25, 0.3) is 5.57 Å². The first-order chi connectivity index (χ1) is 15.6. The molecule has 0 fully saturated rings. The SMILES string of the molecule is CCCOc1ccc(C2=C(Nc3cccc(C)c3)C(=O)N(Cc3ccccn3)C2=O)cc1. The van der Waals surface area contributed by atoms with Crippen LogP contribution in [0.2, 0.25) is 0 Å². The zero-order chi connectivity index (χ0) is 22.5. The highest BCUT2D eigenvalue weighted by Gasteiger charge is 2.39. The Labute approximate surface area is 187 Å². The van der Waals surface area contributed by atoms with Crippen LogP contribution in [0, 0.1) is 6.92 Å². The van der Waals surface area contributed by atoms with Gasteiger partial charge in [-0.15, -0.1) is 0 Å². The molecule has 1 N–H and O–H groups in total. The molecule has 4 rings (SSSR count). The minimum absolute atomic E-state index is 0.110. The van der Waals surface area contributed by atoms with Gasteiger partial charge in [-0.25, -0.2) is 0 Å². The van der Waals surface area contributed by atoms with Crippen LogP contribution in [-0.4, -0.2) is 28.3 Å². The average Bonchev–Trinajstić information content (AvgIpc) is 3.03. The molecule has 0 aliphatic carbocycles. The molecule has 6 nitrogen and oxygen atoms in total. The Kier molecular flexibility index (Phi) is 6.31. The molecule has 32 heavy (non-hydrogen) atoms. The molecule has 1 aliphatic heterocycles. The van der Waals surface area contributed by atoms with Gasteiger partial charge in [-0.2, -0.15) is 0 Å². The molecule has 1 aliphatic rings. The fourth-order valence-corrected chi connectivity index (χ4v) is 3.56. The summed E-state index contributed by atoms with van der Waals surface area (Å²) < 4.78 is 5.65. The minimum atomic E-state index is -0.372. The number of carbonyl (C=O) groups excluding carboxylic acids is 2. The number of amides is 2. The largest absolute Gasteiger partial charge is 0.494 e. The second-order valence-electron chi connectivity index (χ2n) is 7.63. The Morgan fingerprint density at radius 3 is 2.47 bits per heavy atom. The van der Waals surface area contributed by atoms with E-state index in [1.54, 1.807) is 18.3 Å². The third-order valence-electron chi connectivity index (χ3n) is 5.12. The lowest BCUT2D eigenvalue weighted by Crippen LogP contribution is -2.32. The Bertz CT molecular complexity index is 1150. The molecule has 2 aromatic carbocycles. The number of aromatic nitrogens is 1. The fraction of sp³-hybridized carbons (Fsp3) is 0.192. The van der Waals surface area contributed by atoms with E-state index in [1.807, 2.05) is 68.4 Å². The molecule has 2 heterocycles. The summed E-state index contributed by atoms with van der Waals surface area (Å²) >= 11 is 0. The van der Waals surface area contributed by atoms with Crippen LogP contribution in [0.5, 0.6) is 5.75 Å². The van der Waals surface area contributed by atoms with E-state index in [1.165, 1.54) is 4.90 Å². The van der Waals surface area contributed by atoms with E-state index in [2.05, 4.69) is 10.3 Å². The van der Waals surface area contributed by atoms with Crippen molar-refractivity contribution in [2.24, 2.45) is 0 Å². The van der Waals surface area contributed by atoms with Gasteiger partial charge in [0.2, 0.25) is 0 Å². The van der Waals surface area contributed by atoms with Crippen LogP contribution in [0.4, 0.5) is 5.69 Å². The van der Waals surface area contributed by atoms with Crippen molar-refractivity contribution in [1.29, 1.82) is 0 Å². The van der Waals surface area contributed by atoms with Crippen molar-refractivity contribution >= 4 is 23.1 Å². The molecular formula is C26H25N3O3. The van der Waals surface area contributed by atoms with E-state index in [-0.39, 0.29) is 24.1 Å². The first-order valence-electron chi connectivity index (χ1n) is 10.6. The summed E-state index contributed by atoms with van der Waals surface area (Å²) in [5.74, 6) is 0.00742. The monoisotopic (exact) mass is 427 g/mol. The van der Waals surface area contributed by atoms with Gasteiger partial charge in [-0.1, -0.05) is 37.3 Å². The number of pyridine rings is 1. The predicted molar refractivity (Wildman–Crippen MR) is 124 cm³/mol. The molecule has 3 aromatic rings. The van der Waals surface area contributed by atoms with Gasteiger partial charge in [0.05, 0.1) is 24.4 Å². The molecule has 0 spiro atoms. The Morgan fingerprint density at radius 2 is 1.78 bits per heavy atom. The number of carbonyl (C=O) groups is 2. The Hall–Kier alpha value is -3.93. The molecule has 0 saturated carbocycles. The lowest BCUT2D eigenvalue weighted by Gasteiger charge is -2.15.